The van der Waals surface area contributed by atoms with Crippen LogP contribution >= 0.6 is 23.1 Å². The smallest absolute Gasteiger partial charge is 0.387 e. The number of halogens is 2. The van der Waals surface area contributed by atoms with E-state index in [9.17, 15) is 18.4 Å². The monoisotopic (exact) mass is 439 g/mol. The van der Waals surface area contributed by atoms with Crippen LogP contribution < -0.4 is 10.1 Å². The second-order valence-corrected chi connectivity index (χ2v) is 7.76. The molecule has 1 aromatic carbocycles. The summed E-state index contributed by atoms with van der Waals surface area (Å²) in [5, 5.41) is 10.7. The molecule has 2 aromatic heterocycles. The van der Waals surface area contributed by atoms with Crippen molar-refractivity contribution < 1.29 is 27.5 Å². The molecule has 0 aliphatic rings. The third-order valence-corrected chi connectivity index (χ3v) is 5.45. The fourth-order valence-corrected chi connectivity index (χ4v) is 3.82. The van der Waals surface area contributed by atoms with Crippen molar-refractivity contribution in [1.82, 2.24) is 15.5 Å². The van der Waals surface area contributed by atoms with Gasteiger partial charge in [-0.2, -0.15) is 8.78 Å². The lowest BCUT2D eigenvalue weighted by atomic mass is 10.2. The minimum absolute atomic E-state index is 0.0253. The number of alkyl halides is 2. The van der Waals surface area contributed by atoms with E-state index in [1.54, 1.807) is 12.1 Å². The molecule has 3 rings (SSSR count). The van der Waals surface area contributed by atoms with E-state index in [-0.39, 0.29) is 34.3 Å². The van der Waals surface area contributed by atoms with Crippen molar-refractivity contribution in [2.24, 2.45) is 0 Å². The summed E-state index contributed by atoms with van der Waals surface area (Å²) in [7, 11) is 0. The van der Waals surface area contributed by atoms with Crippen molar-refractivity contribution in [3.05, 3.63) is 46.2 Å². The normalized spacial score (nSPS) is 10.9. The lowest BCUT2D eigenvalue weighted by Crippen LogP contribution is -2.18. The number of benzene rings is 1. The van der Waals surface area contributed by atoms with Gasteiger partial charge in [0, 0.05) is 17.4 Å². The minimum Gasteiger partial charge on any atom is -0.435 e. The van der Waals surface area contributed by atoms with Crippen LogP contribution in [0.3, 0.4) is 0 Å². The largest absolute Gasteiger partial charge is 0.435 e. The first-order valence-corrected chi connectivity index (χ1v) is 10.1. The number of ether oxygens (including phenoxy) is 1. The predicted octanol–water partition coefficient (Wildman–Crippen LogP) is 4.01. The summed E-state index contributed by atoms with van der Waals surface area (Å²) in [5.41, 5.74) is 0.540. The minimum atomic E-state index is -2.89. The number of aromatic nitrogens is 2. The van der Waals surface area contributed by atoms with Crippen LogP contribution in [0.1, 0.15) is 21.5 Å². The molecule has 1 amide bonds. The Labute approximate surface area is 172 Å². The Morgan fingerprint density at radius 2 is 1.97 bits per heavy atom. The molecule has 29 heavy (non-hydrogen) atoms. The van der Waals surface area contributed by atoms with Crippen LogP contribution in [0.25, 0.3) is 11.5 Å². The van der Waals surface area contributed by atoms with Crippen LogP contribution in [0.2, 0.25) is 0 Å². The molecule has 7 nitrogen and oxygen atoms in total. The van der Waals surface area contributed by atoms with Crippen molar-refractivity contribution in [2.75, 3.05) is 5.75 Å². The topological polar surface area (TPSA) is 94.3 Å². The molecule has 152 valence electrons. The van der Waals surface area contributed by atoms with E-state index >= 15 is 0 Å². The molecule has 0 unspecified atom stereocenters. The molecular weight excluding hydrogens is 424 g/mol. The van der Waals surface area contributed by atoms with Crippen LogP contribution in [0.5, 0.6) is 5.75 Å². The quantitative estimate of drug-likeness (QED) is 0.398. The van der Waals surface area contributed by atoms with Crippen molar-refractivity contribution in [2.45, 2.75) is 25.3 Å². The van der Waals surface area contributed by atoms with E-state index < -0.39 is 6.61 Å². The third-order valence-electron chi connectivity index (χ3n) is 3.51. The fraction of sp³-hybridized carbons (Fsp3) is 0.222. The van der Waals surface area contributed by atoms with E-state index in [0.29, 0.717) is 17.0 Å². The molecule has 0 aliphatic heterocycles. The Balaban J connectivity index is 1.55. The van der Waals surface area contributed by atoms with E-state index in [2.05, 4.69) is 20.3 Å². The molecule has 2 heterocycles. The van der Waals surface area contributed by atoms with Gasteiger partial charge in [-0.1, -0.05) is 11.8 Å². The van der Waals surface area contributed by atoms with Gasteiger partial charge in [-0.25, -0.2) is 0 Å². The number of rotatable bonds is 9. The van der Waals surface area contributed by atoms with E-state index in [1.165, 1.54) is 42.5 Å². The Morgan fingerprint density at radius 3 is 2.66 bits per heavy atom. The highest BCUT2D eigenvalue weighted by Gasteiger charge is 2.14. The summed E-state index contributed by atoms with van der Waals surface area (Å²) in [4.78, 5) is 24.7. The lowest BCUT2D eigenvalue weighted by molar-refractivity contribution is -0.119. The first-order valence-electron chi connectivity index (χ1n) is 8.28. The van der Waals surface area contributed by atoms with Gasteiger partial charge in [-0.3, -0.25) is 9.59 Å². The molecule has 0 fully saturated rings. The molecule has 0 atom stereocenters. The number of nitrogens with one attached hydrogen (secondary N) is 1. The molecule has 0 spiro atoms. The number of carbonyl (C=O) groups excluding carboxylic acids is 2. The summed E-state index contributed by atoms with van der Waals surface area (Å²) in [6.45, 7) is -1.08. The Kier molecular flexibility index (Phi) is 6.94. The van der Waals surface area contributed by atoms with Gasteiger partial charge in [0.2, 0.25) is 11.8 Å². The van der Waals surface area contributed by atoms with E-state index in [1.807, 2.05) is 0 Å². The van der Waals surface area contributed by atoms with Gasteiger partial charge in [-0.05, 0) is 36.4 Å². The third kappa shape index (κ3) is 6.09. The lowest BCUT2D eigenvalue weighted by Gasteiger charge is -2.03. The fourth-order valence-electron chi connectivity index (χ4n) is 2.20. The Bertz CT molecular complexity index is 989. The predicted molar refractivity (Wildman–Crippen MR) is 103 cm³/mol. The standard InChI is InChI=1S/C18H15F2N3O4S2/c1-10(24)21-8-13-6-7-15(29-13)14(25)9-28-18-23-22-16(27-18)11-2-4-12(5-3-11)26-17(19)20/h2-7,17H,8-9H2,1H3,(H,21,24). The van der Waals surface area contributed by atoms with Gasteiger partial charge in [-0.15, -0.1) is 21.5 Å². The summed E-state index contributed by atoms with van der Waals surface area (Å²) in [5.74, 6) is 0.116. The molecule has 1 N–H and O–H groups in total. The number of thiophene rings is 1. The molecule has 0 aliphatic carbocycles. The second kappa shape index (κ2) is 9.61. The maximum atomic E-state index is 12.3. The summed E-state index contributed by atoms with van der Waals surface area (Å²) < 4.78 is 34.2. The molecule has 11 heteroatoms. The van der Waals surface area contributed by atoms with E-state index in [0.717, 1.165) is 16.6 Å². The number of ketones is 1. The van der Waals surface area contributed by atoms with E-state index in [4.69, 9.17) is 4.42 Å². The van der Waals surface area contributed by atoms with Gasteiger partial charge in [0.1, 0.15) is 5.75 Å². The number of Topliss-reactive ketones (excluding diaryl/α,β-unsaturated/α-hetero) is 1. The van der Waals surface area contributed by atoms with Crippen LogP contribution in [-0.2, 0) is 11.3 Å². The van der Waals surface area contributed by atoms with Crippen LogP contribution in [0.4, 0.5) is 8.78 Å². The van der Waals surface area contributed by atoms with Crippen LogP contribution in [0.15, 0.2) is 46.0 Å². The first-order chi connectivity index (χ1) is 13.9. The Morgan fingerprint density at radius 1 is 1.21 bits per heavy atom. The highest BCUT2D eigenvalue weighted by atomic mass is 32.2. The molecule has 0 saturated heterocycles. The Hall–Kier alpha value is -2.79. The molecule has 3 aromatic rings. The van der Waals surface area contributed by atoms with Gasteiger partial charge >= 0.3 is 6.61 Å². The van der Waals surface area contributed by atoms with Crippen molar-refractivity contribution in [3.8, 4) is 17.2 Å². The second-order valence-electron chi connectivity index (χ2n) is 5.66. The van der Waals surface area contributed by atoms with Crippen LogP contribution in [-0.4, -0.2) is 34.3 Å². The zero-order valence-corrected chi connectivity index (χ0v) is 16.7. The highest BCUT2D eigenvalue weighted by molar-refractivity contribution is 7.99. The number of hydrogen-bond acceptors (Lipinski definition) is 8. The number of amides is 1. The van der Waals surface area contributed by atoms with Crippen molar-refractivity contribution in [3.63, 3.8) is 0 Å². The first kappa shape index (κ1) is 20.9. The highest BCUT2D eigenvalue weighted by Crippen LogP contribution is 2.26. The van der Waals surface area contributed by atoms with Gasteiger partial charge in [0.05, 0.1) is 17.2 Å². The summed E-state index contributed by atoms with van der Waals surface area (Å²) >= 11 is 2.42. The van der Waals surface area contributed by atoms with Crippen LogP contribution in [0, 0.1) is 0 Å². The average Bonchev–Trinajstić information content (AvgIpc) is 3.34. The number of carbonyl (C=O) groups is 2. The average molecular weight is 439 g/mol. The maximum Gasteiger partial charge on any atom is 0.387 e. The zero-order valence-electron chi connectivity index (χ0n) is 15.1. The molecule has 0 saturated carbocycles. The summed E-state index contributed by atoms with van der Waals surface area (Å²) in [6, 6.07) is 9.30. The van der Waals surface area contributed by atoms with Crippen molar-refractivity contribution in [1.29, 1.82) is 0 Å². The molecule has 0 bridgehead atoms. The zero-order chi connectivity index (χ0) is 20.8. The van der Waals surface area contributed by atoms with Gasteiger partial charge < -0.3 is 14.5 Å². The van der Waals surface area contributed by atoms with Gasteiger partial charge in [0.25, 0.3) is 5.22 Å². The number of thioether (sulfide) groups is 1. The van der Waals surface area contributed by atoms with Crippen molar-refractivity contribution >= 4 is 34.8 Å². The number of hydrogen-bond donors (Lipinski definition) is 1. The number of nitrogens with zero attached hydrogens (tertiary/aromatic N) is 2. The molecule has 0 radical (unpaired) electrons. The maximum absolute atomic E-state index is 12.3. The summed E-state index contributed by atoms with van der Waals surface area (Å²) in [6.07, 6.45) is 0. The molecular formula is C18H15F2N3O4S2. The SMILES string of the molecule is CC(=O)NCc1ccc(C(=O)CSc2nnc(-c3ccc(OC(F)F)cc3)o2)s1. The van der Waals surface area contributed by atoms with Gasteiger partial charge in [0.15, 0.2) is 5.78 Å².